The second kappa shape index (κ2) is 9.94. The molecule has 0 radical (unpaired) electrons. The van der Waals surface area contributed by atoms with Gasteiger partial charge in [0.2, 0.25) is 5.95 Å². The van der Waals surface area contributed by atoms with Crippen molar-refractivity contribution in [2.45, 2.75) is 19.5 Å². The van der Waals surface area contributed by atoms with E-state index < -0.39 is 11.9 Å². The number of anilines is 1. The summed E-state index contributed by atoms with van der Waals surface area (Å²) in [5.74, 6) is 0.641. The molecule has 1 aliphatic heterocycles. The van der Waals surface area contributed by atoms with Gasteiger partial charge in [-0.1, -0.05) is 0 Å². The van der Waals surface area contributed by atoms with Gasteiger partial charge in [0.05, 0.1) is 32.0 Å². The van der Waals surface area contributed by atoms with Gasteiger partial charge in [0, 0.05) is 36.8 Å². The topological polar surface area (TPSA) is 131 Å². The van der Waals surface area contributed by atoms with Gasteiger partial charge in [-0.15, -0.1) is 0 Å². The van der Waals surface area contributed by atoms with Crippen molar-refractivity contribution in [1.82, 2.24) is 19.4 Å². The summed E-state index contributed by atoms with van der Waals surface area (Å²) in [7, 11) is 3.05. The van der Waals surface area contributed by atoms with Crippen LogP contribution in [0.5, 0.6) is 5.75 Å². The second-order valence-electron chi connectivity index (χ2n) is 7.94. The zero-order valence-electron chi connectivity index (χ0n) is 19.6. The molecule has 2 aromatic heterocycles. The number of aliphatic hydroxyl groups excluding tert-OH is 1. The van der Waals surface area contributed by atoms with Crippen molar-refractivity contribution in [3.8, 4) is 17.0 Å². The van der Waals surface area contributed by atoms with E-state index in [2.05, 4.69) is 20.3 Å². The van der Waals surface area contributed by atoms with Crippen LogP contribution in [0.15, 0.2) is 53.9 Å². The van der Waals surface area contributed by atoms with Crippen molar-refractivity contribution in [2.75, 3.05) is 26.1 Å². The third-order valence-corrected chi connectivity index (χ3v) is 5.73. The number of aromatic nitrogens is 3. The Hall–Kier alpha value is -4.25. The molecular formula is C24H26FN7O3. The number of carbonyl (C=O) groups excluding carboxylic acids is 1. The number of methoxy groups -OCH3 is 1. The summed E-state index contributed by atoms with van der Waals surface area (Å²) in [6.45, 7) is 1.75. The number of aliphatic hydroxyl groups is 1. The lowest BCUT2D eigenvalue weighted by Crippen LogP contribution is -2.33. The van der Waals surface area contributed by atoms with Gasteiger partial charge in [-0.25, -0.2) is 19.2 Å². The average Bonchev–Trinajstić information content (AvgIpc) is 3.39. The van der Waals surface area contributed by atoms with Crippen LogP contribution in [-0.4, -0.2) is 57.2 Å². The van der Waals surface area contributed by atoms with Gasteiger partial charge < -0.3 is 25.8 Å². The first kappa shape index (κ1) is 23.9. The molecule has 1 atom stereocenters. The molecule has 0 spiro atoms. The number of rotatable bonds is 7. The summed E-state index contributed by atoms with van der Waals surface area (Å²) in [4.78, 5) is 27.7. The Labute approximate surface area is 201 Å². The number of nitrogens with two attached hydrogens (primary N) is 1. The first-order chi connectivity index (χ1) is 16.9. The standard InChI is InChI=1S/C24H26FN7O3/c1-14-10-28-23(29-21(27-2)4-5-26)30-22(14)16-7-18-12-32(24(34)31(18)11-16)20(13-33)15-6-17(25)9-19(8-15)35-3/h4-11,20,33H,12-13,26H2,1-3H3,(H,27,28,29,30). The predicted molar refractivity (Wildman–Crippen MR) is 130 cm³/mol. The molecule has 1 unspecified atom stereocenters. The van der Waals surface area contributed by atoms with Crippen LogP contribution in [0.4, 0.5) is 15.1 Å². The zero-order chi connectivity index (χ0) is 25.1. The Morgan fingerprint density at radius 3 is 2.86 bits per heavy atom. The number of nitrogens with one attached hydrogen (secondary N) is 1. The Morgan fingerprint density at radius 1 is 1.40 bits per heavy atom. The Morgan fingerprint density at radius 2 is 2.20 bits per heavy atom. The molecule has 1 aromatic carbocycles. The zero-order valence-corrected chi connectivity index (χ0v) is 19.6. The Balaban J connectivity index is 1.61. The van der Waals surface area contributed by atoms with E-state index in [1.165, 1.54) is 34.9 Å². The molecular weight excluding hydrogens is 453 g/mol. The van der Waals surface area contributed by atoms with Crippen molar-refractivity contribution in [1.29, 1.82) is 0 Å². The molecule has 182 valence electrons. The number of nitrogens with zero attached hydrogens (tertiary/aromatic N) is 5. The molecule has 4 N–H and O–H groups in total. The van der Waals surface area contributed by atoms with Gasteiger partial charge in [0.1, 0.15) is 17.4 Å². The van der Waals surface area contributed by atoms with Crippen LogP contribution in [0.25, 0.3) is 11.3 Å². The fraction of sp³-hybridized carbons (Fsp3) is 0.250. The maximum Gasteiger partial charge on any atom is 0.329 e. The van der Waals surface area contributed by atoms with Crippen LogP contribution in [0.3, 0.4) is 0 Å². The van der Waals surface area contributed by atoms with E-state index in [-0.39, 0.29) is 19.2 Å². The van der Waals surface area contributed by atoms with Crippen LogP contribution in [-0.2, 0) is 6.54 Å². The third-order valence-electron chi connectivity index (χ3n) is 5.73. The van der Waals surface area contributed by atoms with Gasteiger partial charge in [-0.3, -0.25) is 9.56 Å². The van der Waals surface area contributed by atoms with E-state index >= 15 is 0 Å². The van der Waals surface area contributed by atoms with E-state index in [4.69, 9.17) is 10.5 Å². The van der Waals surface area contributed by atoms with Gasteiger partial charge in [0.25, 0.3) is 0 Å². The van der Waals surface area contributed by atoms with Gasteiger partial charge in [-0.2, -0.15) is 0 Å². The summed E-state index contributed by atoms with van der Waals surface area (Å²) < 4.78 is 20.7. The number of amides is 1. The number of halogens is 1. The maximum atomic E-state index is 14.0. The fourth-order valence-electron chi connectivity index (χ4n) is 4.01. The molecule has 1 aliphatic rings. The monoisotopic (exact) mass is 479 g/mol. The number of aliphatic imine (C=N–C) groups is 1. The van der Waals surface area contributed by atoms with Gasteiger partial charge >= 0.3 is 6.03 Å². The maximum absolute atomic E-state index is 14.0. The summed E-state index contributed by atoms with van der Waals surface area (Å²) in [6, 6.07) is 4.97. The van der Waals surface area contributed by atoms with Crippen molar-refractivity contribution in [2.24, 2.45) is 10.7 Å². The number of ether oxygens (including phenoxy) is 1. The number of benzene rings is 1. The summed E-state index contributed by atoms with van der Waals surface area (Å²) >= 11 is 0. The fourth-order valence-corrected chi connectivity index (χ4v) is 4.01. The van der Waals surface area contributed by atoms with Gasteiger partial charge in [0.15, 0.2) is 0 Å². The number of fused-ring (bicyclic) bond motifs is 1. The third kappa shape index (κ3) is 4.71. The first-order valence-corrected chi connectivity index (χ1v) is 10.8. The molecule has 3 heterocycles. The Kier molecular flexibility index (Phi) is 6.78. The highest BCUT2D eigenvalue weighted by atomic mass is 19.1. The summed E-state index contributed by atoms with van der Waals surface area (Å²) in [5.41, 5.74) is 8.84. The molecule has 0 bridgehead atoms. The molecule has 3 aromatic rings. The van der Waals surface area contributed by atoms with Crippen molar-refractivity contribution < 1.29 is 19.0 Å². The van der Waals surface area contributed by atoms with Crippen molar-refractivity contribution in [3.05, 3.63) is 71.6 Å². The van der Waals surface area contributed by atoms with Crippen LogP contribution in [0.1, 0.15) is 22.9 Å². The highest BCUT2D eigenvalue weighted by Crippen LogP contribution is 2.34. The van der Waals surface area contributed by atoms with E-state index in [1.54, 1.807) is 31.6 Å². The number of hydrogen-bond acceptors (Lipinski definition) is 7. The Bertz CT molecular complexity index is 1320. The molecule has 10 nitrogen and oxygen atoms in total. The number of hydrogen-bond donors (Lipinski definition) is 3. The smallest absolute Gasteiger partial charge is 0.329 e. The normalized spacial score (nSPS) is 14.5. The minimum Gasteiger partial charge on any atom is -0.497 e. The lowest BCUT2D eigenvalue weighted by molar-refractivity contribution is 0.141. The predicted octanol–water partition coefficient (Wildman–Crippen LogP) is 2.83. The molecule has 4 rings (SSSR count). The largest absolute Gasteiger partial charge is 0.497 e. The average molecular weight is 480 g/mol. The van der Waals surface area contributed by atoms with Crippen LogP contribution in [0, 0.1) is 12.7 Å². The SMILES string of the molecule is CN=C(C=CN)Nc1ncc(C)c(-c2cc3n(c2)C(=O)N(C(CO)c2cc(F)cc(OC)c2)C3)n1. The molecule has 0 aliphatic carbocycles. The summed E-state index contributed by atoms with van der Waals surface area (Å²) in [5, 5.41) is 13.0. The molecule has 35 heavy (non-hydrogen) atoms. The highest BCUT2D eigenvalue weighted by Gasteiger charge is 2.34. The van der Waals surface area contributed by atoms with Gasteiger partial charge in [-0.05, 0) is 48.5 Å². The lowest BCUT2D eigenvalue weighted by atomic mass is 10.1. The van der Waals surface area contributed by atoms with E-state index in [1.807, 2.05) is 13.0 Å². The van der Waals surface area contributed by atoms with Crippen LogP contribution < -0.4 is 15.8 Å². The molecule has 0 saturated heterocycles. The van der Waals surface area contributed by atoms with Crippen LogP contribution in [0.2, 0.25) is 0 Å². The molecule has 0 saturated carbocycles. The molecule has 1 amide bonds. The quantitative estimate of drug-likeness (QED) is 0.351. The van der Waals surface area contributed by atoms with Crippen molar-refractivity contribution in [3.63, 3.8) is 0 Å². The molecule has 11 heteroatoms. The highest BCUT2D eigenvalue weighted by molar-refractivity contribution is 6.02. The van der Waals surface area contributed by atoms with Crippen molar-refractivity contribution >= 4 is 17.8 Å². The minimum absolute atomic E-state index is 0.242. The molecule has 0 fully saturated rings. The lowest BCUT2D eigenvalue weighted by Gasteiger charge is -2.26. The van der Waals surface area contributed by atoms with E-state index in [0.717, 1.165) is 16.8 Å². The first-order valence-electron chi connectivity index (χ1n) is 10.8. The summed E-state index contributed by atoms with van der Waals surface area (Å²) in [6.07, 6.45) is 6.33. The van der Waals surface area contributed by atoms with Crippen LogP contribution >= 0.6 is 0 Å². The number of carbonyl (C=O) groups is 1. The second-order valence-corrected chi connectivity index (χ2v) is 7.94. The van der Waals surface area contributed by atoms with E-state index in [9.17, 15) is 14.3 Å². The minimum atomic E-state index is -0.727. The van der Waals surface area contributed by atoms with E-state index in [0.29, 0.717) is 28.8 Å². The number of amidine groups is 1. The number of aryl methyl sites for hydroxylation is 1.